The number of carbonyl (C=O) groups is 2. The molecule has 38 heavy (non-hydrogen) atoms. The maximum absolute atomic E-state index is 12.7. The summed E-state index contributed by atoms with van der Waals surface area (Å²) in [4.78, 5) is 31.2. The zero-order valence-electron chi connectivity index (χ0n) is 20.7. The Kier molecular flexibility index (Phi) is 7.18. The van der Waals surface area contributed by atoms with Gasteiger partial charge in [0.2, 0.25) is 0 Å². The molecule has 2 aromatic carbocycles. The smallest absolute Gasteiger partial charge is 0.416 e. The molecule has 5 rings (SSSR count). The Morgan fingerprint density at radius 2 is 1.87 bits per heavy atom. The first kappa shape index (κ1) is 25.9. The van der Waals surface area contributed by atoms with Crippen LogP contribution in [0.2, 0.25) is 0 Å². The van der Waals surface area contributed by atoms with Crippen LogP contribution in [-0.4, -0.2) is 54.5 Å². The summed E-state index contributed by atoms with van der Waals surface area (Å²) in [5.74, 6) is 0.472. The van der Waals surface area contributed by atoms with Gasteiger partial charge in [-0.2, -0.15) is 13.2 Å². The van der Waals surface area contributed by atoms with Gasteiger partial charge in [-0.3, -0.25) is 4.79 Å². The van der Waals surface area contributed by atoms with E-state index in [9.17, 15) is 22.8 Å². The van der Waals surface area contributed by atoms with Crippen LogP contribution in [0.15, 0.2) is 47.6 Å². The molecule has 0 atom stereocenters. The number of carbonyl (C=O) groups excluding carboxylic acids is 2. The fourth-order valence-electron chi connectivity index (χ4n) is 4.98. The molecule has 0 radical (unpaired) electrons. The van der Waals surface area contributed by atoms with E-state index in [2.05, 4.69) is 10.5 Å². The van der Waals surface area contributed by atoms with Gasteiger partial charge in [0.05, 0.1) is 17.8 Å². The Bertz CT molecular complexity index is 1220. The van der Waals surface area contributed by atoms with Gasteiger partial charge >= 0.3 is 12.3 Å². The first-order valence-corrected chi connectivity index (χ1v) is 12.6. The van der Waals surface area contributed by atoms with E-state index in [4.69, 9.17) is 14.3 Å². The van der Waals surface area contributed by atoms with Crippen LogP contribution in [-0.2, 0) is 33.6 Å². The molecule has 0 aromatic heterocycles. The minimum atomic E-state index is -4.37. The standard InChI is InChI=1S/C27H28F3N3O5/c28-27(29,30)20-6-4-18(5-7-20)15-37-32-23-3-1-2-19-14-21(8-9-22(19)23)36-16-24(34)33-12-10-26(11-13-33)17-31-25(35)38-26/h4-9,14H,1-3,10-13,15-17H2,(H,31,35). The van der Waals surface area contributed by atoms with E-state index in [-0.39, 0.29) is 19.1 Å². The van der Waals surface area contributed by atoms with Gasteiger partial charge in [-0.15, -0.1) is 0 Å². The monoisotopic (exact) mass is 531 g/mol. The quantitative estimate of drug-likeness (QED) is 0.557. The van der Waals surface area contributed by atoms with Crippen molar-refractivity contribution in [1.29, 1.82) is 0 Å². The van der Waals surface area contributed by atoms with Crippen LogP contribution >= 0.6 is 0 Å². The molecule has 2 fully saturated rings. The van der Waals surface area contributed by atoms with Crippen molar-refractivity contribution in [2.75, 3.05) is 26.2 Å². The molecule has 0 bridgehead atoms. The molecular weight excluding hydrogens is 503 g/mol. The van der Waals surface area contributed by atoms with E-state index in [0.29, 0.717) is 43.8 Å². The number of nitrogens with zero attached hydrogens (tertiary/aromatic N) is 2. The third-order valence-corrected chi connectivity index (χ3v) is 7.19. The Balaban J connectivity index is 1.13. The number of aryl methyl sites for hydroxylation is 1. The lowest BCUT2D eigenvalue weighted by molar-refractivity contribution is -0.138. The lowest BCUT2D eigenvalue weighted by Crippen LogP contribution is -2.49. The Hall–Kier alpha value is -3.76. The number of hydrogen-bond donors (Lipinski definition) is 1. The third-order valence-electron chi connectivity index (χ3n) is 7.19. The molecule has 3 aliphatic rings. The lowest BCUT2D eigenvalue weighted by Gasteiger charge is -2.37. The maximum Gasteiger partial charge on any atom is 0.416 e. The van der Waals surface area contributed by atoms with Crippen molar-refractivity contribution < 1.29 is 37.1 Å². The SMILES string of the molecule is O=C1NCC2(CCN(C(=O)COc3ccc4c(c3)CCCC4=NOCc3ccc(C(F)(F)F)cc3)CC2)O1. The number of ether oxygens (including phenoxy) is 2. The molecule has 0 saturated carbocycles. The average molecular weight is 532 g/mol. The van der Waals surface area contributed by atoms with Gasteiger partial charge in [-0.25, -0.2) is 4.79 Å². The summed E-state index contributed by atoms with van der Waals surface area (Å²) in [6, 6.07) is 10.4. The largest absolute Gasteiger partial charge is 0.484 e. The van der Waals surface area contributed by atoms with Crippen molar-refractivity contribution in [1.82, 2.24) is 10.2 Å². The highest BCUT2D eigenvalue weighted by Crippen LogP contribution is 2.31. The molecule has 8 nitrogen and oxygen atoms in total. The predicted molar refractivity (Wildman–Crippen MR) is 131 cm³/mol. The summed E-state index contributed by atoms with van der Waals surface area (Å²) in [6.45, 7) is 1.48. The second-order valence-electron chi connectivity index (χ2n) is 9.77. The van der Waals surface area contributed by atoms with Crippen LogP contribution in [0.25, 0.3) is 0 Å². The second-order valence-corrected chi connectivity index (χ2v) is 9.77. The number of halogens is 3. The van der Waals surface area contributed by atoms with Crippen LogP contribution in [0.1, 0.15) is 47.9 Å². The number of piperidine rings is 1. The van der Waals surface area contributed by atoms with Crippen molar-refractivity contribution in [3.8, 4) is 5.75 Å². The fraction of sp³-hybridized carbons (Fsp3) is 0.444. The van der Waals surface area contributed by atoms with E-state index >= 15 is 0 Å². The molecule has 2 aromatic rings. The predicted octanol–water partition coefficient (Wildman–Crippen LogP) is 4.44. The van der Waals surface area contributed by atoms with Gasteiger partial charge < -0.3 is 24.5 Å². The second kappa shape index (κ2) is 10.5. The molecule has 11 heteroatoms. The molecule has 1 spiro atoms. The lowest BCUT2D eigenvalue weighted by atomic mass is 9.90. The van der Waals surface area contributed by atoms with Gasteiger partial charge in [-0.05, 0) is 60.7 Å². The summed E-state index contributed by atoms with van der Waals surface area (Å²) >= 11 is 0. The number of benzene rings is 2. The maximum atomic E-state index is 12.7. The zero-order valence-corrected chi connectivity index (χ0v) is 20.7. The van der Waals surface area contributed by atoms with Crippen molar-refractivity contribution in [3.63, 3.8) is 0 Å². The molecule has 1 N–H and O–H groups in total. The van der Waals surface area contributed by atoms with Crippen LogP contribution in [0, 0.1) is 0 Å². The van der Waals surface area contributed by atoms with Crippen LogP contribution in [0.4, 0.5) is 18.0 Å². The molecule has 0 unspecified atom stereocenters. The minimum Gasteiger partial charge on any atom is -0.484 e. The van der Waals surface area contributed by atoms with Crippen LogP contribution < -0.4 is 10.1 Å². The van der Waals surface area contributed by atoms with E-state index in [1.165, 1.54) is 12.1 Å². The normalized spacial score (nSPS) is 19.6. The number of fused-ring (bicyclic) bond motifs is 1. The number of hydrogen-bond acceptors (Lipinski definition) is 6. The van der Waals surface area contributed by atoms with E-state index < -0.39 is 23.4 Å². The molecule has 2 amide bonds. The summed E-state index contributed by atoms with van der Waals surface area (Å²) in [5.41, 5.74) is 2.12. The van der Waals surface area contributed by atoms with Crippen molar-refractivity contribution in [2.24, 2.45) is 5.16 Å². The van der Waals surface area contributed by atoms with Crippen molar-refractivity contribution in [3.05, 3.63) is 64.7 Å². The van der Waals surface area contributed by atoms with Crippen LogP contribution in [0.5, 0.6) is 5.75 Å². The number of alkyl carbamates (subject to hydrolysis) is 1. The number of likely N-dealkylation sites (tertiary alicyclic amines) is 1. The van der Waals surface area contributed by atoms with E-state index in [1.54, 1.807) is 11.0 Å². The first-order chi connectivity index (χ1) is 18.2. The number of amides is 2. The molecular formula is C27H28F3N3O5. The topological polar surface area (TPSA) is 89.5 Å². The van der Waals surface area contributed by atoms with Gasteiger partial charge in [0, 0.05) is 31.5 Å². The Labute approximate surface area is 217 Å². The van der Waals surface area contributed by atoms with Gasteiger partial charge in [0.15, 0.2) is 6.61 Å². The minimum absolute atomic E-state index is 0.0663. The first-order valence-electron chi connectivity index (χ1n) is 12.6. The van der Waals surface area contributed by atoms with Crippen molar-refractivity contribution in [2.45, 2.75) is 50.5 Å². The van der Waals surface area contributed by atoms with Crippen LogP contribution in [0.3, 0.4) is 0 Å². The Morgan fingerprint density at radius 1 is 1.11 bits per heavy atom. The van der Waals surface area contributed by atoms with Gasteiger partial charge in [-0.1, -0.05) is 17.3 Å². The molecule has 1 aliphatic carbocycles. The zero-order chi connectivity index (χ0) is 26.8. The number of alkyl halides is 3. The van der Waals surface area contributed by atoms with E-state index in [0.717, 1.165) is 48.2 Å². The molecule has 2 saturated heterocycles. The summed E-state index contributed by atoms with van der Waals surface area (Å²) in [7, 11) is 0. The Morgan fingerprint density at radius 3 is 2.55 bits per heavy atom. The third kappa shape index (κ3) is 5.87. The molecule has 2 aliphatic heterocycles. The van der Waals surface area contributed by atoms with Gasteiger partial charge in [0.25, 0.3) is 5.91 Å². The van der Waals surface area contributed by atoms with Gasteiger partial charge in [0.1, 0.15) is 18.0 Å². The highest BCUT2D eigenvalue weighted by atomic mass is 19.4. The average Bonchev–Trinajstić information content (AvgIpc) is 3.27. The highest BCUT2D eigenvalue weighted by Gasteiger charge is 2.43. The van der Waals surface area contributed by atoms with Crippen molar-refractivity contribution >= 4 is 17.7 Å². The molecule has 202 valence electrons. The summed E-state index contributed by atoms with van der Waals surface area (Å²) in [6.07, 6.45) is -1.16. The number of rotatable bonds is 6. The summed E-state index contributed by atoms with van der Waals surface area (Å²) < 4.78 is 49.4. The molecule has 2 heterocycles. The number of nitrogens with one attached hydrogen (secondary N) is 1. The highest BCUT2D eigenvalue weighted by molar-refractivity contribution is 6.02. The fourth-order valence-corrected chi connectivity index (χ4v) is 4.98. The number of oxime groups is 1. The summed E-state index contributed by atoms with van der Waals surface area (Å²) in [5, 5.41) is 6.93. The van der Waals surface area contributed by atoms with E-state index in [1.807, 2.05) is 12.1 Å².